The zero-order chi connectivity index (χ0) is 27.5. The molecule has 39 heavy (non-hydrogen) atoms. The Hall–Kier alpha value is -4.30. The molecule has 1 unspecified atom stereocenters. The Morgan fingerprint density at radius 3 is 2.44 bits per heavy atom. The number of benzene rings is 3. The van der Waals surface area contributed by atoms with E-state index in [4.69, 9.17) is 11.6 Å². The summed E-state index contributed by atoms with van der Waals surface area (Å²) in [6.45, 7) is 4.11. The number of H-pyrrole nitrogens is 1. The van der Waals surface area contributed by atoms with E-state index in [0.717, 1.165) is 46.5 Å². The van der Waals surface area contributed by atoms with Gasteiger partial charge >= 0.3 is 0 Å². The lowest BCUT2D eigenvalue weighted by Crippen LogP contribution is -2.54. The molecule has 3 aromatic carbocycles. The lowest BCUT2D eigenvalue weighted by molar-refractivity contribution is -0.117. The van der Waals surface area contributed by atoms with Crippen LogP contribution in [0.4, 0.5) is 5.69 Å². The highest BCUT2D eigenvalue weighted by atomic mass is 35.5. The molecule has 1 atom stereocenters. The SMILES string of the molecule is CCCC1N(C)C(C)=C(Cc2cccc(C(=O)Cl)c2)C(=O)N1c1ccc(-c2ccccc2-c2nn[nH]n2)cc1. The van der Waals surface area contributed by atoms with Crippen LogP contribution >= 0.6 is 11.6 Å². The number of rotatable bonds is 8. The number of carbonyl (C=O) groups is 2. The number of aromatic amines is 1. The number of nitrogens with one attached hydrogen (secondary N) is 1. The summed E-state index contributed by atoms with van der Waals surface area (Å²) in [5, 5.41) is 14.0. The third kappa shape index (κ3) is 5.20. The third-order valence-electron chi connectivity index (χ3n) is 7.24. The molecule has 1 aliphatic heterocycles. The quantitative estimate of drug-likeness (QED) is 0.282. The van der Waals surface area contributed by atoms with Gasteiger partial charge < -0.3 is 4.90 Å². The Labute approximate surface area is 232 Å². The molecule has 0 saturated carbocycles. The van der Waals surface area contributed by atoms with Crippen molar-refractivity contribution in [2.24, 2.45) is 0 Å². The molecule has 2 heterocycles. The Bertz CT molecular complexity index is 1530. The predicted octanol–water partition coefficient (Wildman–Crippen LogP) is 5.83. The van der Waals surface area contributed by atoms with Crippen molar-refractivity contribution < 1.29 is 9.59 Å². The Morgan fingerprint density at radius 2 is 1.77 bits per heavy atom. The minimum atomic E-state index is -0.514. The first-order valence-corrected chi connectivity index (χ1v) is 13.2. The number of hydrogen-bond donors (Lipinski definition) is 1. The summed E-state index contributed by atoms with van der Waals surface area (Å²) in [4.78, 5) is 29.8. The first kappa shape index (κ1) is 26.3. The van der Waals surface area contributed by atoms with E-state index in [0.29, 0.717) is 23.4 Å². The summed E-state index contributed by atoms with van der Waals surface area (Å²) in [5.41, 5.74) is 6.55. The van der Waals surface area contributed by atoms with Gasteiger partial charge in [0, 0.05) is 41.6 Å². The molecule has 1 aliphatic rings. The number of amides is 1. The smallest absolute Gasteiger partial charge is 0.257 e. The van der Waals surface area contributed by atoms with Gasteiger partial charge in [0.1, 0.15) is 6.17 Å². The number of aromatic nitrogens is 4. The van der Waals surface area contributed by atoms with Crippen molar-refractivity contribution in [2.75, 3.05) is 11.9 Å². The molecular weight excluding hydrogens is 512 g/mol. The lowest BCUT2D eigenvalue weighted by Gasteiger charge is -2.44. The van der Waals surface area contributed by atoms with Crippen LogP contribution in [0.1, 0.15) is 42.6 Å². The average molecular weight is 541 g/mol. The topological polar surface area (TPSA) is 95.1 Å². The fourth-order valence-corrected chi connectivity index (χ4v) is 5.25. The molecule has 0 aliphatic carbocycles. The molecule has 0 spiro atoms. The number of anilines is 1. The predicted molar refractivity (Wildman–Crippen MR) is 152 cm³/mol. The van der Waals surface area contributed by atoms with E-state index in [1.54, 1.807) is 18.2 Å². The van der Waals surface area contributed by atoms with E-state index in [2.05, 4.69) is 32.4 Å². The fourth-order valence-electron chi connectivity index (χ4n) is 5.13. The van der Waals surface area contributed by atoms with Gasteiger partial charge in [-0.3, -0.25) is 14.5 Å². The normalized spacial score (nSPS) is 15.7. The van der Waals surface area contributed by atoms with Crippen molar-refractivity contribution in [2.45, 2.75) is 39.3 Å². The van der Waals surface area contributed by atoms with Crippen molar-refractivity contribution in [3.8, 4) is 22.5 Å². The van der Waals surface area contributed by atoms with Gasteiger partial charge in [0.25, 0.3) is 11.1 Å². The Balaban J connectivity index is 1.50. The standard InChI is InChI=1S/C30H29ClN6O2/c1-4-8-27-36(3)19(2)26(18-20-9-7-10-22(17-20)28(31)38)30(39)37(27)23-15-13-21(14-16-23)24-11-5-6-12-25(24)29-32-34-35-33-29/h5-7,9-17,27H,4,8,18H2,1-3H3,(H,32,33,34,35). The van der Waals surface area contributed by atoms with E-state index in [1.165, 1.54) is 0 Å². The van der Waals surface area contributed by atoms with E-state index < -0.39 is 5.24 Å². The molecule has 198 valence electrons. The highest BCUT2D eigenvalue weighted by Gasteiger charge is 2.36. The van der Waals surface area contributed by atoms with Crippen LogP contribution in [0.5, 0.6) is 0 Å². The van der Waals surface area contributed by atoms with Crippen LogP contribution < -0.4 is 4.90 Å². The second-order valence-corrected chi connectivity index (χ2v) is 9.94. The Morgan fingerprint density at radius 1 is 1.03 bits per heavy atom. The summed E-state index contributed by atoms with van der Waals surface area (Å²) >= 11 is 5.71. The van der Waals surface area contributed by atoms with E-state index in [-0.39, 0.29) is 12.1 Å². The summed E-state index contributed by atoms with van der Waals surface area (Å²) in [7, 11) is 2.03. The van der Waals surface area contributed by atoms with Gasteiger partial charge in [-0.15, -0.1) is 10.2 Å². The summed E-state index contributed by atoms with van der Waals surface area (Å²) < 4.78 is 0. The molecule has 1 N–H and O–H groups in total. The van der Waals surface area contributed by atoms with Crippen LogP contribution in [0.15, 0.2) is 84.1 Å². The molecule has 4 aromatic rings. The largest absolute Gasteiger partial charge is 0.357 e. The third-order valence-corrected chi connectivity index (χ3v) is 7.46. The zero-order valence-corrected chi connectivity index (χ0v) is 22.8. The Kier molecular flexibility index (Phi) is 7.56. The van der Waals surface area contributed by atoms with Gasteiger partial charge in [-0.25, -0.2) is 0 Å². The van der Waals surface area contributed by atoms with Crippen molar-refractivity contribution >= 4 is 28.4 Å². The molecule has 1 amide bonds. The molecule has 0 saturated heterocycles. The van der Waals surface area contributed by atoms with Gasteiger partial charge in [0.2, 0.25) is 5.82 Å². The number of carbonyl (C=O) groups excluding carboxylic acids is 2. The molecule has 9 heteroatoms. The van der Waals surface area contributed by atoms with Crippen molar-refractivity contribution in [1.29, 1.82) is 0 Å². The number of nitrogens with zero attached hydrogens (tertiary/aromatic N) is 5. The van der Waals surface area contributed by atoms with E-state index in [1.807, 2.05) is 73.5 Å². The number of halogens is 1. The first-order valence-electron chi connectivity index (χ1n) is 12.9. The minimum absolute atomic E-state index is 0.0356. The minimum Gasteiger partial charge on any atom is -0.357 e. The van der Waals surface area contributed by atoms with Crippen LogP contribution in [-0.4, -0.2) is 49.9 Å². The summed E-state index contributed by atoms with van der Waals surface area (Å²) in [6.07, 6.45) is 2.04. The highest BCUT2D eigenvalue weighted by molar-refractivity contribution is 6.67. The van der Waals surface area contributed by atoms with Crippen LogP contribution in [0.2, 0.25) is 0 Å². The highest BCUT2D eigenvalue weighted by Crippen LogP contribution is 2.35. The fraction of sp³-hybridized carbons (Fsp3) is 0.233. The van der Waals surface area contributed by atoms with Crippen LogP contribution in [0.3, 0.4) is 0 Å². The molecule has 0 radical (unpaired) electrons. The molecular formula is C30H29ClN6O2. The average Bonchev–Trinajstić information content (AvgIpc) is 3.50. The lowest BCUT2D eigenvalue weighted by atomic mass is 9.96. The second kappa shape index (κ2) is 11.2. The molecule has 0 fully saturated rings. The van der Waals surface area contributed by atoms with Crippen LogP contribution in [0, 0.1) is 0 Å². The van der Waals surface area contributed by atoms with Crippen molar-refractivity contribution in [1.82, 2.24) is 25.5 Å². The number of hydrogen-bond acceptors (Lipinski definition) is 6. The van der Waals surface area contributed by atoms with Crippen molar-refractivity contribution in [3.63, 3.8) is 0 Å². The number of tetrazole rings is 1. The van der Waals surface area contributed by atoms with Crippen LogP contribution in [-0.2, 0) is 11.2 Å². The molecule has 1 aromatic heterocycles. The molecule has 8 nitrogen and oxygen atoms in total. The number of allylic oxidation sites excluding steroid dienone is 1. The van der Waals surface area contributed by atoms with Crippen LogP contribution in [0.25, 0.3) is 22.5 Å². The maximum absolute atomic E-state index is 14.1. The zero-order valence-electron chi connectivity index (χ0n) is 22.1. The maximum Gasteiger partial charge on any atom is 0.257 e. The van der Waals surface area contributed by atoms with Gasteiger partial charge in [0.05, 0.1) is 0 Å². The maximum atomic E-state index is 14.1. The van der Waals surface area contributed by atoms with Crippen molar-refractivity contribution in [3.05, 3.63) is 95.2 Å². The van der Waals surface area contributed by atoms with Gasteiger partial charge in [0.15, 0.2) is 0 Å². The van der Waals surface area contributed by atoms with Gasteiger partial charge in [-0.2, -0.15) is 5.21 Å². The van der Waals surface area contributed by atoms with Gasteiger partial charge in [-0.05, 0) is 65.0 Å². The first-order chi connectivity index (χ1) is 18.9. The summed E-state index contributed by atoms with van der Waals surface area (Å²) in [6, 6.07) is 23.0. The van der Waals surface area contributed by atoms with E-state index in [9.17, 15) is 9.59 Å². The molecule has 5 rings (SSSR count). The van der Waals surface area contributed by atoms with Gasteiger partial charge in [-0.1, -0.05) is 67.9 Å². The summed E-state index contributed by atoms with van der Waals surface area (Å²) in [5.74, 6) is 0.488. The van der Waals surface area contributed by atoms with E-state index >= 15 is 0 Å². The molecule has 0 bridgehead atoms. The second-order valence-electron chi connectivity index (χ2n) is 9.60. The monoisotopic (exact) mass is 540 g/mol.